The lowest BCUT2D eigenvalue weighted by atomic mass is 9.94. The Balaban J connectivity index is 1.93. The van der Waals surface area contributed by atoms with Crippen LogP contribution in [0.2, 0.25) is 0 Å². The zero-order chi connectivity index (χ0) is 14.6. The van der Waals surface area contributed by atoms with Gasteiger partial charge in [-0.15, -0.1) is 0 Å². The van der Waals surface area contributed by atoms with E-state index in [-0.39, 0.29) is 6.04 Å². The van der Waals surface area contributed by atoms with Crippen LogP contribution in [0.1, 0.15) is 57.1 Å². The van der Waals surface area contributed by atoms with Crippen molar-refractivity contribution in [2.75, 3.05) is 6.54 Å². The van der Waals surface area contributed by atoms with Gasteiger partial charge in [-0.2, -0.15) is 0 Å². The van der Waals surface area contributed by atoms with Gasteiger partial charge in [0.25, 0.3) is 0 Å². The lowest BCUT2D eigenvalue weighted by molar-refractivity contribution is 0.0231. The summed E-state index contributed by atoms with van der Waals surface area (Å²) in [6.07, 6.45) is 6.09. The first kappa shape index (κ1) is 15.4. The van der Waals surface area contributed by atoms with Gasteiger partial charge in [0.2, 0.25) is 0 Å². The molecule has 1 fully saturated rings. The molecule has 1 unspecified atom stereocenters. The molecule has 0 amide bonds. The Kier molecular flexibility index (Phi) is 5.11. The molecule has 2 nitrogen and oxygen atoms in total. The van der Waals surface area contributed by atoms with Gasteiger partial charge in [0.15, 0.2) is 11.6 Å². The van der Waals surface area contributed by atoms with E-state index in [0.717, 1.165) is 31.7 Å². The van der Waals surface area contributed by atoms with Gasteiger partial charge in [-0.05, 0) is 37.5 Å². The van der Waals surface area contributed by atoms with Crippen LogP contribution in [0.5, 0.6) is 0 Å². The molecule has 1 aromatic carbocycles. The zero-order valence-corrected chi connectivity index (χ0v) is 12.0. The van der Waals surface area contributed by atoms with E-state index in [2.05, 4.69) is 5.32 Å². The fraction of sp³-hybridized carbons (Fsp3) is 0.625. The molecule has 0 aliphatic heterocycles. The number of aliphatic hydroxyl groups is 1. The summed E-state index contributed by atoms with van der Waals surface area (Å²) in [5.74, 6) is -1.66. The van der Waals surface area contributed by atoms with Crippen LogP contribution in [0, 0.1) is 11.6 Å². The van der Waals surface area contributed by atoms with Crippen molar-refractivity contribution in [1.29, 1.82) is 0 Å². The fourth-order valence-corrected chi connectivity index (χ4v) is 2.81. The van der Waals surface area contributed by atoms with Gasteiger partial charge < -0.3 is 10.4 Å². The highest BCUT2D eigenvalue weighted by Gasteiger charge is 2.28. The van der Waals surface area contributed by atoms with Crippen LogP contribution < -0.4 is 5.32 Å². The van der Waals surface area contributed by atoms with Crippen LogP contribution in [0.3, 0.4) is 0 Å². The van der Waals surface area contributed by atoms with Gasteiger partial charge >= 0.3 is 0 Å². The first-order valence-corrected chi connectivity index (χ1v) is 7.41. The summed E-state index contributed by atoms with van der Waals surface area (Å²) >= 11 is 0. The smallest absolute Gasteiger partial charge is 0.159 e. The molecule has 0 heterocycles. The highest BCUT2D eigenvalue weighted by Crippen LogP contribution is 2.27. The molecule has 1 aromatic rings. The van der Waals surface area contributed by atoms with Crippen LogP contribution in [0.15, 0.2) is 18.2 Å². The van der Waals surface area contributed by atoms with Crippen LogP contribution in [0.4, 0.5) is 8.78 Å². The third kappa shape index (κ3) is 4.00. The highest BCUT2D eigenvalue weighted by atomic mass is 19.2. The van der Waals surface area contributed by atoms with E-state index < -0.39 is 17.2 Å². The number of halogens is 2. The van der Waals surface area contributed by atoms with Crippen molar-refractivity contribution >= 4 is 0 Å². The van der Waals surface area contributed by atoms with Gasteiger partial charge in [-0.3, -0.25) is 0 Å². The maximum absolute atomic E-state index is 13.2. The van der Waals surface area contributed by atoms with Crippen molar-refractivity contribution in [1.82, 2.24) is 5.32 Å². The molecule has 2 N–H and O–H groups in total. The summed E-state index contributed by atoms with van der Waals surface area (Å²) in [6, 6.07) is 3.82. The summed E-state index contributed by atoms with van der Waals surface area (Å²) < 4.78 is 26.1. The van der Waals surface area contributed by atoms with Crippen molar-refractivity contribution in [3.63, 3.8) is 0 Å². The van der Waals surface area contributed by atoms with E-state index in [9.17, 15) is 13.9 Å². The van der Waals surface area contributed by atoms with Crippen LogP contribution in [-0.4, -0.2) is 17.3 Å². The Morgan fingerprint density at radius 2 is 1.80 bits per heavy atom. The quantitative estimate of drug-likeness (QED) is 0.826. The molecule has 4 heteroatoms. The predicted molar refractivity (Wildman–Crippen MR) is 75.4 cm³/mol. The molecule has 2 rings (SSSR count). The first-order chi connectivity index (χ1) is 9.50. The summed E-state index contributed by atoms with van der Waals surface area (Å²) in [6.45, 7) is 2.39. The second-order valence-electron chi connectivity index (χ2n) is 5.91. The van der Waals surface area contributed by atoms with Gasteiger partial charge in [-0.1, -0.05) is 31.7 Å². The van der Waals surface area contributed by atoms with Crippen molar-refractivity contribution in [3.8, 4) is 0 Å². The van der Waals surface area contributed by atoms with Gasteiger partial charge in [0.1, 0.15) is 0 Å². The molecule has 0 radical (unpaired) electrons. The molecule has 20 heavy (non-hydrogen) atoms. The Labute approximate surface area is 119 Å². The molecule has 112 valence electrons. The molecule has 0 bridgehead atoms. The van der Waals surface area contributed by atoms with E-state index in [4.69, 9.17) is 0 Å². The molecule has 0 spiro atoms. The standard InChI is InChI=1S/C16H23F2NO/c1-12(13-6-7-14(17)15(18)10-13)19-11-16(20)8-4-2-3-5-9-16/h6-7,10,12,19-20H,2-5,8-9,11H2,1H3. The minimum Gasteiger partial charge on any atom is -0.389 e. The minimum absolute atomic E-state index is 0.114. The second kappa shape index (κ2) is 6.64. The highest BCUT2D eigenvalue weighted by molar-refractivity contribution is 5.20. The van der Waals surface area contributed by atoms with E-state index in [0.29, 0.717) is 12.1 Å². The second-order valence-corrected chi connectivity index (χ2v) is 5.91. The molecule has 1 saturated carbocycles. The number of hydrogen-bond donors (Lipinski definition) is 2. The van der Waals surface area contributed by atoms with Crippen molar-refractivity contribution in [2.45, 2.75) is 57.1 Å². The zero-order valence-electron chi connectivity index (χ0n) is 12.0. The molecule has 0 aromatic heterocycles. The molecular weight excluding hydrogens is 260 g/mol. The largest absolute Gasteiger partial charge is 0.389 e. The Morgan fingerprint density at radius 1 is 1.15 bits per heavy atom. The summed E-state index contributed by atoms with van der Waals surface area (Å²) in [4.78, 5) is 0. The minimum atomic E-state index is -0.830. The SMILES string of the molecule is CC(NCC1(O)CCCCCC1)c1ccc(F)c(F)c1. The van der Waals surface area contributed by atoms with E-state index in [1.165, 1.54) is 18.9 Å². The summed E-state index contributed by atoms with van der Waals surface area (Å²) in [5.41, 5.74) is 0.0321. The lowest BCUT2D eigenvalue weighted by Gasteiger charge is -2.29. The number of nitrogens with one attached hydrogen (secondary N) is 1. The summed E-state index contributed by atoms with van der Waals surface area (Å²) in [7, 11) is 0. The third-order valence-corrected chi connectivity index (χ3v) is 4.22. The van der Waals surface area contributed by atoms with Gasteiger partial charge in [0.05, 0.1) is 5.60 Å². The number of rotatable bonds is 4. The number of hydrogen-bond acceptors (Lipinski definition) is 2. The van der Waals surface area contributed by atoms with Crippen molar-refractivity contribution in [2.24, 2.45) is 0 Å². The average Bonchev–Trinajstić information content (AvgIpc) is 2.65. The Morgan fingerprint density at radius 3 is 2.40 bits per heavy atom. The Bertz CT molecular complexity index is 442. The topological polar surface area (TPSA) is 32.3 Å². The van der Waals surface area contributed by atoms with Gasteiger partial charge in [0, 0.05) is 12.6 Å². The normalized spacial score (nSPS) is 20.4. The van der Waals surface area contributed by atoms with Gasteiger partial charge in [-0.25, -0.2) is 8.78 Å². The molecule has 1 aliphatic carbocycles. The summed E-state index contributed by atoms with van der Waals surface area (Å²) in [5, 5.41) is 13.8. The Hall–Kier alpha value is -1.00. The molecule has 1 aliphatic rings. The van der Waals surface area contributed by atoms with E-state index in [1.54, 1.807) is 6.07 Å². The van der Waals surface area contributed by atoms with E-state index in [1.807, 2.05) is 6.92 Å². The maximum atomic E-state index is 13.2. The first-order valence-electron chi connectivity index (χ1n) is 7.41. The molecule has 0 saturated heterocycles. The number of benzene rings is 1. The van der Waals surface area contributed by atoms with E-state index >= 15 is 0 Å². The fourth-order valence-electron chi connectivity index (χ4n) is 2.81. The van der Waals surface area contributed by atoms with Crippen LogP contribution >= 0.6 is 0 Å². The van der Waals surface area contributed by atoms with Crippen LogP contribution in [0.25, 0.3) is 0 Å². The van der Waals surface area contributed by atoms with Crippen LogP contribution in [-0.2, 0) is 0 Å². The maximum Gasteiger partial charge on any atom is 0.159 e. The predicted octanol–water partition coefficient (Wildman–Crippen LogP) is 3.70. The molecular formula is C16H23F2NO. The third-order valence-electron chi connectivity index (χ3n) is 4.22. The van der Waals surface area contributed by atoms with Crippen molar-refractivity contribution < 1.29 is 13.9 Å². The monoisotopic (exact) mass is 283 g/mol. The lowest BCUT2D eigenvalue weighted by Crippen LogP contribution is -2.41. The average molecular weight is 283 g/mol. The molecule has 1 atom stereocenters. The van der Waals surface area contributed by atoms with Crippen molar-refractivity contribution in [3.05, 3.63) is 35.4 Å².